The minimum Gasteiger partial charge on any atom is -0.376 e. The summed E-state index contributed by atoms with van der Waals surface area (Å²) in [4.78, 5) is 26.5. The van der Waals surface area contributed by atoms with Gasteiger partial charge in [0.05, 0.1) is 24.1 Å². The number of rotatable bonds is 10. The zero-order valence-corrected chi connectivity index (χ0v) is 18.3. The van der Waals surface area contributed by atoms with E-state index in [1.54, 1.807) is 18.2 Å². The lowest BCUT2D eigenvalue weighted by Gasteiger charge is -2.23. The van der Waals surface area contributed by atoms with Crippen molar-refractivity contribution < 1.29 is 27.1 Å². The van der Waals surface area contributed by atoms with Crippen molar-refractivity contribution in [2.24, 2.45) is 0 Å². The lowest BCUT2D eigenvalue weighted by atomic mass is 10.2. The van der Waals surface area contributed by atoms with Gasteiger partial charge in [-0.1, -0.05) is 30.3 Å². The van der Waals surface area contributed by atoms with Crippen molar-refractivity contribution in [3.8, 4) is 0 Å². The summed E-state index contributed by atoms with van der Waals surface area (Å²) in [5, 5.41) is 2.75. The third-order valence-electron chi connectivity index (χ3n) is 4.99. The quantitative estimate of drug-likeness (QED) is 0.555. The molecule has 0 saturated carbocycles. The van der Waals surface area contributed by atoms with Crippen LogP contribution in [0.1, 0.15) is 18.4 Å². The molecular weight excluding hydrogens is 437 g/mol. The van der Waals surface area contributed by atoms with Crippen molar-refractivity contribution >= 4 is 21.8 Å². The Balaban J connectivity index is 1.63. The summed E-state index contributed by atoms with van der Waals surface area (Å²) >= 11 is 0. The van der Waals surface area contributed by atoms with Gasteiger partial charge in [-0.3, -0.25) is 9.59 Å². The van der Waals surface area contributed by atoms with Crippen molar-refractivity contribution in [2.45, 2.75) is 30.4 Å². The van der Waals surface area contributed by atoms with Crippen LogP contribution in [0.4, 0.5) is 4.39 Å². The van der Waals surface area contributed by atoms with Crippen LogP contribution in [0.2, 0.25) is 0 Å². The van der Waals surface area contributed by atoms with E-state index in [0.717, 1.165) is 12.8 Å². The highest BCUT2D eigenvalue weighted by Gasteiger charge is 2.22. The number of carbonyl (C=O) groups excluding carboxylic acids is 2. The number of halogens is 1. The molecule has 1 saturated heterocycles. The molecule has 2 amide bonds. The summed E-state index contributed by atoms with van der Waals surface area (Å²) in [5.74, 6) is -1.39. The summed E-state index contributed by atoms with van der Waals surface area (Å²) in [6.45, 7) is 0.252. The minimum absolute atomic E-state index is 0.0273. The highest BCUT2D eigenvalue weighted by atomic mass is 32.2. The smallest absolute Gasteiger partial charge is 0.241 e. The van der Waals surface area contributed by atoms with E-state index in [4.69, 9.17) is 4.74 Å². The Morgan fingerprint density at radius 2 is 1.81 bits per heavy atom. The molecule has 2 N–H and O–H groups in total. The van der Waals surface area contributed by atoms with Crippen LogP contribution in [-0.4, -0.2) is 57.5 Å². The Labute approximate surface area is 186 Å². The van der Waals surface area contributed by atoms with Crippen molar-refractivity contribution in [3.63, 3.8) is 0 Å². The van der Waals surface area contributed by atoms with E-state index >= 15 is 0 Å². The van der Waals surface area contributed by atoms with Crippen LogP contribution in [0.5, 0.6) is 0 Å². The summed E-state index contributed by atoms with van der Waals surface area (Å²) in [6, 6.07) is 13.2. The standard InChI is InChI=1S/C22H26FN3O5S/c23-18-10-8-17(9-11-18)15-26(16-21(27)24-13-19-5-4-12-31-19)22(28)14-25-32(29,30)20-6-2-1-3-7-20/h1-3,6-11,19,25H,4-5,12-16H2,(H,24,27)/t19-/m1/s1. The third kappa shape index (κ3) is 7.11. The Kier molecular flexibility index (Phi) is 8.32. The second-order valence-corrected chi connectivity index (χ2v) is 9.22. The van der Waals surface area contributed by atoms with E-state index in [1.807, 2.05) is 0 Å². The van der Waals surface area contributed by atoms with Gasteiger partial charge >= 0.3 is 0 Å². The van der Waals surface area contributed by atoms with E-state index in [0.29, 0.717) is 18.7 Å². The topological polar surface area (TPSA) is 105 Å². The summed E-state index contributed by atoms with van der Waals surface area (Å²) < 4.78 is 45.8. The van der Waals surface area contributed by atoms with Gasteiger partial charge in [0.1, 0.15) is 5.82 Å². The molecule has 2 aromatic carbocycles. The molecule has 1 fully saturated rings. The average molecular weight is 464 g/mol. The van der Waals surface area contributed by atoms with Gasteiger partial charge in [-0.2, -0.15) is 0 Å². The third-order valence-corrected chi connectivity index (χ3v) is 6.41. The van der Waals surface area contributed by atoms with Gasteiger partial charge < -0.3 is 15.0 Å². The highest BCUT2D eigenvalue weighted by Crippen LogP contribution is 2.11. The van der Waals surface area contributed by atoms with Gasteiger partial charge in [0.2, 0.25) is 21.8 Å². The van der Waals surface area contributed by atoms with Gasteiger partial charge in [0, 0.05) is 19.7 Å². The first-order chi connectivity index (χ1) is 15.3. The fourth-order valence-corrected chi connectivity index (χ4v) is 4.25. The molecule has 0 radical (unpaired) electrons. The maximum atomic E-state index is 13.2. The van der Waals surface area contributed by atoms with E-state index < -0.39 is 28.3 Å². The van der Waals surface area contributed by atoms with Crippen LogP contribution < -0.4 is 10.0 Å². The summed E-state index contributed by atoms with van der Waals surface area (Å²) in [6.07, 6.45) is 1.76. The number of benzene rings is 2. The molecule has 32 heavy (non-hydrogen) atoms. The first kappa shape index (κ1) is 23.8. The number of ether oxygens (including phenoxy) is 1. The first-order valence-corrected chi connectivity index (χ1v) is 11.8. The van der Waals surface area contributed by atoms with E-state index in [2.05, 4.69) is 10.0 Å². The highest BCUT2D eigenvalue weighted by molar-refractivity contribution is 7.89. The molecule has 0 aromatic heterocycles. The normalized spacial score (nSPS) is 16.0. The minimum atomic E-state index is -3.88. The average Bonchev–Trinajstić information content (AvgIpc) is 3.31. The Hall–Kier alpha value is -2.82. The predicted molar refractivity (Wildman–Crippen MR) is 115 cm³/mol. The SMILES string of the molecule is O=C(CN(Cc1ccc(F)cc1)C(=O)CNS(=O)(=O)c1ccccc1)NC[C@H]1CCCO1. The predicted octanol–water partition coefficient (Wildman–Crippen LogP) is 1.43. The Morgan fingerprint density at radius 3 is 2.47 bits per heavy atom. The van der Waals surface area contributed by atoms with Crippen LogP contribution in [0.15, 0.2) is 59.5 Å². The number of amides is 2. The fourth-order valence-electron chi connectivity index (χ4n) is 3.26. The molecule has 0 bridgehead atoms. The second kappa shape index (κ2) is 11.2. The Bertz CT molecular complexity index is 1010. The molecule has 172 valence electrons. The first-order valence-electron chi connectivity index (χ1n) is 10.3. The van der Waals surface area contributed by atoms with E-state index in [1.165, 1.54) is 41.3 Å². The fraction of sp³-hybridized carbons (Fsp3) is 0.364. The molecule has 1 aliphatic heterocycles. The van der Waals surface area contributed by atoms with Crippen molar-refractivity contribution in [1.29, 1.82) is 0 Å². The summed E-state index contributed by atoms with van der Waals surface area (Å²) in [7, 11) is -3.88. The number of nitrogens with zero attached hydrogens (tertiary/aromatic N) is 1. The second-order valence-electron chi connectivity index (χ2n) is 7.45. The van der Waals surface area contributed by atoms with E-state index in [9.17, 15) is 22.4 Å². The lowest BCUT2D eigenvalue weighted by molar-refractivity contribution is -0.135. The van der Waals surface area contributed by atoms with Crippen molar-refractivity contribution in [2.75, 3.05) is 26.2 Å². The van der Waals surface area contributed by atoms with Crippen LogP contribution in [0.25, 0.3) is 0 Å². The molecule has 0 unspecified atom stereocenters. The zero-order chi connectivity index (χ0) is 23.0. The van der Waals surface area contributed by atoms with Gasteiger partial charge in [0.15, 0.2) is 0 Å². The van der Waals surface area contributed by atoms with Gasteiger partial charge in [0.25, 0.3) is 0 Å². The number of hydrogen-bond acceptors (Lipinski definition) is 5. The van der Waals surface area contributed by atoms with Gasteiger partial charge in [-0.15, -0.1) is 0 Å². The number of nitrogens with one attached hydrogen (secondary N) is 2. The van der Waals surface area contributed by atoms with Crippen LogP contribution >= 0.6 is 0 Å². The summed E-state index contributed by atoms with van der Waals surface area (Å²) in [5.41, 5.74) is 0.609. The maximum Gasteiger partial charge on any atom is 0.241 e. The van der Waals surface area contributed by atoms with Crippen LogP contribution in [0, 0.1) is 5.82 Å². The van der Waals surface area contributed by atoms with Gasteiger partial charge in [-0.05, 0) is 42.7 Å². The number of sulfonamides is 1. The molecule has 1 aliphatic rings. The maximum absolute atomic E-state index is 13.2. The van der Waals surface area contributed by atoms with Crippen LogP contribution in [0.3, 0.4) is 0 Å². The lowest BCUT2D eigenvalue weighted by Crippen LogP contribution is -2.45. The largest absolute Gasteiger partial charge is 0.376 e. The van der Waals surface area contributed by atoms with Crippen LogP contribution in [-0.2, 0) is 30.9 Å². The molecular formula is C22H26FN3O5S. The molecule has 1 atom stereocenters. The number of carbonyl (C=O) groups is 2. The van der Waals surface area contributed by atoms with Gasteiger partial charge in [-0.25, -0.2) is 17.5 Å². The molecule has 2 aromatic rings. The molecule has 8 nitrogen and oxygen atoms in total. The molecule has 0 spiro atoms. The molecule has 10 heteroatoms. The monoisotopic (exact) mass is 463 g/mol. The molecule has 3 rings (SSSR count). The number of hydrogen-bond donors (Lipinski definition) is 2. The molecule has 1 heterocycles. The zero-order valence-electron chi connectivity index (χ0n) is 17.5. The van der Waals surface area contributed by atoms with Crippen molar-refractivity contribution in [3.05, 3.63) is 66.0 Å². The Morgan fingerprint density at radius 1 is 1.09 bits per heavy atom. The molecule has 0 aliphatic carbocycles. The van der Waals surface area contributed by atoms with E-state index in [-0.39, 0.29) is 30.0 Å². The van der Waals surface area contributed by atoms with Crippen molar-refractivity contribution in [1.82, 2.24) is 14.9 Å².